The number of ether oxygens (including phenoxy) is 1. The van der Waals surface area contributed by atoms with Crippen molar-refractivity contribution in [1.82, 2.24) is 4.90 Å². The van der Waals surface area contributed by atoms with Crippen LogP contribution in [0.2, 0.25) is 0 Å². The molecule has 0 saturated heterocycles. The smallest absolute Gasteiger partial charge is 0.163 e. The van der Waals surface area contributed by atoms with Gasteiger partial charge in [-0.3, -0.25) is 9.69 Å². The molecule has 0 aromatic rings. The summed E-state index contributed by atoms with van der Waals surface area (Å²) in [7, 11) is 2.06. The van der Waals surface area contributed by atoms with Gasteiger partial charge in [-0.15, -0.1) is 0 Å². The first-order valence-corrected chi connectivity index (χ1v) is 5.87. The van der Waals surface area contributed by atoms with E-state index in [-0.39, 0.29) is 23.3 Å². The Morgan fingerprint density at radius 2 is 1.62 bits per heavy atom. The molecule has 16 heavy (non-hydrogen) atoms. The maximum absolute atomic E-state index is 11.6. The second kappa shape index (κ2) is 5.78. The SMILES string of the molecule is CN(CCOCC(=O)C(C)(C)C)C(C)(C)C. The van der Waals surface area contributed by atoms with Crippen LogP contribution in [0.4, 0.5) is 0 Å². The summed E-state index contributed by atoms with van der Waals surface area (Å²) in [6.07, 6.45) is 0. The molecule has 0 aliphatic heterocycles. The highest BCUT2D eigenvalue weighted by molar-refractivity contribution is 5.84. The first kappa shape index (κ1) is 15.6. The van der Waals surface area contributed by atoms with Crippen LogP contribution in [0.3, 0.4) is 0 Å². The molecule has 96 valence electrons. The summed E-state index contributed by atoms with van der Waals surface area (Å²) >= 11 is 0. The van der Waals surface area contributed by atoms with Gasteiger partial charge in [-0.25, -0.2) is 0 Å². The highest BCUT2D eigenvalue weighted by Gasteiger charge is 2.21. The van der Waals surface area contributed by atoms with E-state index in [1.165, 1.54) is 0 Å². The number of rotatable bonds is 5. The predicted octanol–water partition coefficient (Wildman–Crippen LogP) is 2.35. The second-order valence-electron chi connectivity index (χ2n) is 6.32. The fraction of sp³-hybridized carbons (Fsp3) is 0.923. The van der Waals surface area contributed by atoms with Gasteiger partial charge in [0.2, 0.25) is 0 Å². The molecule has 3 heteroatoms. The maximum atomic E-state index is 11.6. The number of nitrogens with zero attached hydrogens (tertiary/aromatic N) is 1. The van der Waals surface area contributed by atoms with E-state index in [2.05, 4.69) is 32.7 Å². The van der Waals surface area contributed by atoms with Crippen molar-refractivity contribution in [3.05, 3.63) is 0 Å². The summed E-state index contributed by atoms with van der Waals surface area (Å²) in [5.74, 6) is 0.158. The minimum Gasteiger partial charge on any atom is -0.372 e. The molecule has 0 saturated carbocycles. The number of carbonyl (C=O) groups is 1. The molecule has 3 nitrogen and oxygen atoms in total. The van der Waals surface area contributed by atoms with Crippen LogP contribution in [-0.2, 0) is 9.53 Å². The Bertz CT molecular complexity index is 223. The van der Waals surface area contributed by atoms with Crippen LogP contribution in [-0.4, -0.2) is 43.0 Å². The molecule has 0 aromatic carbocycles. The van der Waals surface area contributed by atoms with Crippen LogP contribution >= 0.6 is 0 Å². The molecule has 0 rings (SSSR count). The predicted molar refractivity (Wildman–Crippen MR) is 67.7 cm³/mol. The Morgan fingerprint density at radius 3 is 2.00 bits per heavy atom. The Morgan fingerprint density at radius 1 is 1.12 bits per heavy atom. The lowest BCUT2D eigenvalue weighted by molar-refractivity contribution is -0.131. The van der Waals surface area contributed by atoms with Crippen LogP contribution in [0.25, 0.3) is 0 Å². The molecule has 0 heterocycles. The van der Waals surface area contributed by atoms with Gasteiger partial charge in [-0.1, -0.05) is 20.8 Å². The summed E-state index contributed by atoms with van der Waals surface area (Å²) in [5.41, 5.74) is -0.146. The summed E-state index contributed by atoms with van der Waals surface area (Å²) < 4.78 is 5.40. The number of Topliss-reactive ketones (excluding diaryl/α,β-unsaturated/α-hetero) is 1. The van der Waals surface area contributed by atoms with Crippen molar-refractivity contribution >= 4 is 5.78 Å². The topological polar surface area (TPSA) is 29.5 Å². The third-order valence-electron chi connectivity index (χ3n) is 2.79. The molecular formula is C13H27NO2. The molecule has 0 aliphatic rings. The molecule has 0 bridgehead atoms. The first-order chi connectivity index (χ1) is 7.05. The number of ketones is 1. The van der Waals surface area contributed by atoms with Crippen molar-refractivity contribution in [2.45, 2.75) is 47.1 Å². The van der Waals surface area contributed by atoms with E-state index in [0.29, 0.717) is 6.61 Å². The van der Waals surface area contributed by atoms with Crippen molar-refractivity contribution < 1.29 is 9.53 Å². The molecule has 0 atom stereocenters. The molecule has 0 N–H and O–H groups in total. The Balaban J connectivity index is 3.74. The fourth-order valence-corrected chi connectivity index (χ4v) is 0.918. The molecule has 0 spiro atoms. The summed E-state index contributed by atoms with van der Waals surface area (Å²) in [6.45, 7) is 13.9. The van der Waals surface area contributed by atoms with Gasteiger partial charge >= 0.3 is 0 Å². The molecule has 0 radical (unpaired) electrons. The quantitative estimate of drug-likeness (QED) is 0.678. The molecule has 0 amide bonds. The number of carbonyl (C=O) groups excluding carboxylic acids is 1. The van der Waals surface area contributed by atoms with Crippen molar-refractivity contribution in [3.8, 4) is 0 Å². The van der Waals surface area contributed by atoms with Gasteiger partial charge in [-0.05, 0) is 27.8 Å². The lowest BCUT2D eigenvalue weighted by Gasteiger charge is -2.31. The zero-order chi connectivity index (χ0) is 13.0. The Hall–Kier alpha value is -0.410. The van der Waals surface area contributed by atoms with Crippen molar-refractivity contribution in [2.24, 2.45) is 5.41 Å². The van der Waals surface area contributed by atoms with Crippen LogP contribution < -0.4 is 0 Å². The van der Waals surface area contributed by atoms with Gasteiger partial charge in [0.25, 0.3) is 0 Å². The van der Waals surface area contributed by atoms with Crippen LogP contribution in [0, 0.1) is 5.41 Å². The molecule has 0 aliphatic carbocycles. The molecule has 0 aromatic heterocycles. The third kappa shape index (κ3) is 6.23. The molecule has 0 fully saturated rings. The monoisotopic (exact) mass is 229 g/mol. The number of likely N-dealkylation sites (N-methyl/N-ethyl adjacent to an activating group) is 1. The highest BCUT2D eigenvalue weighted by atomic mass is 16.5. The van der Waals surface area contributed by atoms with E-state index in [1.807, 2.05) is 20.8 Å². The Labute approximate surface area is 100 Å². The van der Waals surface area contributed by atoms with Gasteiger partial charge in [0, 0.05) is 17.5 Å². The highest BCUT2D eigenvalue weighted by Crippen LogP contribution is 2.14. The zero-order valence-corrected chi connectivity index (χ0v) is 11.9. The second-order valence-corrected chi connectivity index (χ2v) is 6.32. The number of hydrogen-bond donors (Lipinski definition) is 0. The largest absolute Gasteiger partial charge is 0.372 e. The summed E-state index contributed by atoms with van der Waals surface area (Å²) in [6, 6.07) is 0. The summed E-state index contributed by atoms with van der Waals surface area (Å²) in [5, 5.41) is 0. The van der Waals surface area contributed by atoms with Crippen LogP contribution in [0.15, 0.2) is 0 Å². The minimum atomic E-state index is -0.296. The van der Waals surface area contributed by atoms with Gasteiger partial charge in [-0.2, -0.15) is 0 Å². The van der Waals surface area contributed by atoms with Crippen LogP contribution in [0.1, 0.15) is 41.5 Å². The van der Waals surface area contributed by atoms with E-state index < -0.39 is 0 Å². The van der Waals surface area contributed by atoms with Crippen molar-refractivity contribution in [3.63, 3.8) is 0 Å². The van der Waals surface area contributed by atoms with E-state index in [1.54, 1.807) is 0 Å². The van der Waals surface area contributed by atoms with Crippen LogP contribution in [0.5, 0.6) is 0 Å². The first-order valence-electron chi connectivity index (χ1n) is 5.87. The zero-order valence-electron chi connectivity index (χ0n) is 11.9. The number of hydrogen-bond acceptors (Lipinski definition) is 3. The van der Waals surface area contributed by atoms with Gasteiger partial charge in [0.05, 0.1) is 6.61 Å². The summed E-state index contributed by atoms with van der Waals surface area (Å²) in [4.78, 5) is 13.8. The van der Waals surface area contributed by atoms with Crippen molar-refractivity contribution in [1.29, 1.82) is 0 Å². The van der Waals surface area contributed by atoms with E-state index in [0.717, 1.165) is 6.54 Å². The third-order valence-corrected chi connectivity index (χ3v) is 2.79. The minimum absolute atomic E-state index is 0.150. The van der Waals surface area contributed by atoms with Gasteiger partial charge in [0.1, 0.15) is 6.61 Å². The van der Waals surface area contributed by atoms with E-state index in [4.69, 9.17) is 4.74 Å². The van der Waals surface area contributed by atoms with Crippen molar-refractivity contribution in [2.75, 3.05) is 26.8 Å². The lowest BCUT2D eigenvalue weighted by atomic mass is 9.91. The average Bonchev–Trinajstić information content (AvgIpc) is 2.08. The normalized spacial score (nSPS) is 13.2. The van der Waals surface area contributed by atoms with E-state index in [9.17, 15) is 4.79 Å². The average molecular weight is 229 g/mol. The van der Waals surface area contributed by atoms with E-state index >= 15 is 0 Å². The lowest BCUT2D eigenvalue weighted by Crippen LogP contribution is -2.40. The molecule has 0 unspecified atom stereocenters. The maximum Gasteiger partial charge on any atom is 0.163 e. The standard InChI is InChI=1S/C13H27NO2/c1-12(2,3)11(15)10-16-9-8-14(7)13(4,5)6/h8-10H2,1-7H3. The Kier molecular flexibility index (Phi) is 5.63. The fourth-order valence-electron chi connectivity index (χ4n) is 0.918. The van der Waals surface area contributed by atoms with Gasteiger partial charge < -0.3 is 4.74 Å². The molecular weight excluding hydrogens is 202 g/mol. The van der Waals surface area contributed by atoms with Gasteiger partial charge in [0.15, 0.2) is 5.78 Å².